The maximum atomic E-state index is 11.9. The monoisotopic (exact) mass is 340 g/mol. The molecule has 0 amide bonds. The van der Waals surface area contributed by atoms with E-state index in [-0.39, 0.29) is 6.10 Å². The molecule has 1 aliphatic heterocycles. The second-order valence-corrected chi connectivity index (χ2v) is 7.81. The van der Waals surface area contributed by atoms with Crippen LogP contribution in [0.5, 0.6) is 0 Å². The second-order valence-electron chi connectivity index (χ2n) is 7.81. The lowest BCUT2D eigenvalue weighted by Crippen LogP contribution is -2.21. The van der Waals surface area contributed by atoms with Gasteiger partial charge in [0.25, 0.3) is 0 Å². The number of ketones is 1. The van der Waals surface area contributed by atoms with E-state index in [1.807, 2.05) is 13.8 Å². The van der Waals surface area contributed by atoms with Gasteiger partial charge in [-0.05, 0) is 26.7 Å². The van der Waals surface area contributed by atoms with Gasteiger partial charge in [0.15, 0.2) is 5.79 Å². The summed E-state index contributed by atoms with van der Waals surface area (Å²) < 4.78 is 11.3. The molecule has 1 aliphatic rings. The molecule has 0 aromatic heterocycles. The molecule has 1 saturated heterocycles. The van der Waals surface area contributed by atoms with Gasteiger partial charge in [0, 0.05) is 12.8 Å². The first-order valence-electron chi connectivity index (χ1n) is 10.4. The second kappa shape index (κ2) is 12.9. The summed E-state index contributed by atoms with van der Waals surface area (Å²) >= 11 is 0. The number of carbonyl (C=O) groups excluding carboxylic acids is 1. The molecular formula is C21H40O3. The fraction of sp³-hybridized carbons (Fsp3) is 0.952. The van der Waals surface area contributed by atoms with E-state index in [2.05, 4.69) is 6.92 Å². The molecule has 24 heavy (non-hydrogen) atoms. The smallest absolute Gasteiger partial charge is 0.163 e. The molecular weight excluding hydrogens is 300 g/mol. The third-order valence-electron chi connectivity index (χ3n) is 4.87. The Bertz CT molecular complexity index is 325. The van der Waals surface area contributed by atoms with Crippen LogP contribution in [0.2, 0.25) is 0 Å². The number of Topliss-reactive ketones (excluding diaryl/α,β-unsaturated/α-hetero) is 1. The zero-order chi connectivity index (χ0) is 17.7. The summed E-state index contributed by atoms with van der Waals surface area (Å²) in [6.07, 6.45) is 16.9. The standard InChI is InChI=1S/C21H40O3/c1-4-5-6-7-8-9-10-11-12-13-14-15-19(22)16-17-20-18-23-21(2,3)24-20/h20H,4-18H2,1-3H3. The Kier molecular flexibility index (Phi) is 11.6. The van der Waals surface area contributed by atoms with E-state index in [4.69, 9.17) is 9.47 Å². The highest BCUT2D eigenvalue weighted by atomic mass is 16.7. The summed E-state index contributed by atoms with van der Waals surface area (Å²) in [5, 5.41) is 0. The number of carbonyl (C=O) groups is 1. The lowest BCUT2D eigenvalue weighted by atomic mass is 10.0. The van der Waals surface area contributed by atoms with E-state index in [9.17, 15) is 4.79 Å². The Morgan fingerprint density at radius 1 is 0.875 bits per heavy atom. The van der Waals surface area contributed by atoms with Crippen molar-refractivity contribution in [3.63, 3.8) is 0 Å². The van der Waals surface area contributed by atoms with Crippen LogP contribution in [0.1, 0.15) is 111 Å². The Morgan fingerprint density at radius 3 is 1.92 bits per heavy atom. The fourth-order valence-corrected chi connectivity index (χ4v) is 3.34. The Hall–Kier alpha value is -0.410. The van der Waals surface area contributed by atoms with E-state index in [0.29, 0.717) is 18.8 Å². The minimum atomic E-state index is -0.469. The third-order valence-corrected chi connectivity index (χ3v) is 4.87. The first kappa shape index (κ1) is 21.6. The van der Waals surface area contributed by atoms with Gasteiger partial charge in [0.1, 0.15) is 5.78 Å². The number of hydrogen-bond donors (Lipinski definition) is 0. The molecule has 1 atom stereocenters. The van der Waals surface area contributed by atoms with Crippen LogP contribution in [0.15, 0.2) is 0 Å². The summed E-state index contributed by atoms with van der Waals surface area (Å²) in [4.78, 5) is 11.9. The average molecular weight is 341 g/mol. The minimum absolute atomic E-state index is 0.0984. The van der Waals surface area contributed by atoms with E-state index < -0.39 is 5.79 Å². The van der Waals surface area contributed by atoms with Crippen LogP contribution >= 0.6 is 0 Å². The number of ether oxygens (including phenoxy) is 2. The third kappa shape index (κ3) is 11.2. The highest BCUT2D eigenvalue weighted by molar-refractivity contribution is 5.78. The summed E-state index contributed by atoms with van der Waals surface area (Å²) in [6, 6.07) is 0. The van der Waals surface area contributed by atoms with Gasteiger partial charge in [-0.1, -0.05) is 71.1 Å². The maximum absolute atomic E-state index is 11.9. The number of rotatable bonds is 15. The lowest BCUT2D eigenvalue weighted by molar-refractivity contribution is -0.140. The van der Waals surface area contributed by atoms with Gasteiger partial charge in [-0.3, -0.25) is 4.79 Å². The molecule has 142 valence electrons. The summed E-state index contributed by atoms with van der Waals surface area (Å²) in [5.41, 5.74) is 0. The van der Waals surface area contributed by atoms with Crippen molar-refractivity contribution in [2.45, 2.75) is 123 Å². The van der Waals surface area contributed by atoms with Gasteiger partial charge in [0.2, 0.25) is 0 Å². The molecule has 3 heteroatoms. The molecule has 0 saturated carbocycles. The molecule has 1 heterocycles. The van der Waals surface area contributed by atoms with Crippen molar-refractivity contribution in [2.75, 3.05) is 6.61 Å². The van der Waals surface area contributed by atoms with Crippen molar-refractivity contribution in [1.82, 2.24) is 0 Å². The van der Waals surface area contributed by atoms with E-state index in [1.165, 1.54) is 64.2 Å². The zero-order valence-corrected chi connectivity index (χ0v) is 16.4. The quantitative estimate of drug-likeness (QED) is 0.333. The molecule has 0 aromatic carbocycles. The molecule has 0 radical (unpaired) electrons. The minimum Gasteiger partial charge on any atom is -0.348 e. The van der Waals surface area contributed by atoms with Crippen LogP contribution in [0, 0.1) is 0 Å². The Morgan fingerprint density at radius 2 is 1.42 bits per heavy atom. The normalized spacial score (nSPS) is 19.7. The van der Waals surface area contributed by atoms with Crippen LogP contribution in [-0.2, 0) is 14.3 Å². The average Bonchev–Trinajstić information content (AvgIpc) is 2.90. The molecule has 1 fully saturated rings. The molecule has 1 rings (SSSR count). The SMILES string of the molecule is CCCCCCCCCCCCCC(=O)CCC1COC(C)(C)O1. The molecule has 0 N–H and O–H groups in total. The van der Waals surface area contributed by atoms with Crippen molar-refractivity contribution >= 4 is 5.78 Å². The van der Waals surface area contributed by atoms with Crippen molar-refractivity contribution in [3.8, 4) is 0 Å². The van der Waals surface area contributed by atoms with Crippen LogP contribution < -0.4 is 0 Å². The van der Waals surface area contributed by atoms with E-state index in [1.54, 1.807) is 0 Å². The molecule has 1 unspecified atom stereocenters. The topological polar surface area (TPSA) is 35.5 Å². The number of unbranched alkanes of at least 4 members (excludes halogenated alkanes) is 10. The zero-order valence-electron chi connectivity index (χ0n) is 16.4. The van der Waals surface area contributed by atoms with Gasteiger partial charge in [-0.25, -0.2) is 0 Å². The van der Waals surface area contributed by atoms with Gasteiger partial charge < -0.3 is 9.47 Å². The first-order valence-corrected chi connectivity index (χ1v) is 10.4. The van der Waals surface area contributed by atoms with Crippen molar-refractivity contribution in [2.24, 2.45) is 0 Å². The molecule has 0 spiro atoms. The fourth-order valence-electron chi connectivity index (χ4n) is 3.34. The highest BCUT2D eigenvalue weighted by Gasteiger charge is 2.32. The van der Waals surface area contributed by atoms with Crippen LogP contribution in [0.25, 0.3) is 0 Å². The first-order chi connectivity index (χ1) is 11.5. The Labute approximate surface area is 149 Å². The van der Waals surface area contributed by atoms with Crippen LogP contribution in [0.4, 0.5) is 0 Å². The van der Waals surface area contributed by atoms with Crippen LogP contribution in [0.3, 0.4) is 0 Å². The lowest BCUT2D eigenvalue weighted by Gasteiger charge is -2.16. The highest BCUT2D eigenvalue weighted by Crippen LogP contribution is 2.25. The van der Waals surface area contributed by atoms with Crippen molar-refractivity contribution in [3.05, 3.63) is 0 Å². The van der Waals surface area contributed by atoms with E-state index in [0.717, 1.165) is 19.3 Å². The van der Waals surface area contributed by atoms with Gasteiger partial charge in [-0.15, -0.1) is 0 Å². The van der Waals surface area contributed by atoms with Gasteiger partial charge >= 0.3 is 0 Å². The summed E-state index contributed by atoms with van der Waals surface area (Å²) in [7, 11) is 0. The number of hydrogen-bond acceptors (Lipinski definition) is 3. The molecule has 0 bridgehead atoms. The van der Waals surface area contributed by atoms with Crippen molar-refractivity contribution < 1.29 is 14.3 Å². The van der Waals surface area contributed by atoms with Gasteiger partial charge in [0.05, 0.1) is 12.7 Å². The Balaban J connectivity index is 1.83. The van der Waals surface area contributed by atoms with Crippen LogP contribution in [-0.4, -0.2) is 24.3 Å². The summed E-state index contributed by atoms with van der Waals surface area (Å²) in [5.74, 6) is -0.0804. The summed E-state index contributed by atoms with van der Waals surface area (Å²) in [6.45, 7) is 6.75. The largest absolute Gasteiger partial charge is 0.348 e. The predicted molar refractivity (Wildman–Crippen MR) is 100 cm³/mol. The maximum Gasteiger partial charge on any atom is 0.163 e. The predicted octanol–water partition coefficient (Wildman–Crippen LogP) is 6.19. The molecule has 0 aromatic rings. The van der Waals surface area contributed by atoms with Crippen molar-refractivity contribution in [1.29, 1.82) is 0 Å². The van der Waals surface area contributed by atoms with Gasteiger partial charge in [-0.2, -0.15) is 0 Å². The molecule has 3 nitrogen and oxygen atoms in total. The van der Waals surface area contributed by atoms with E-state index >= 15 is 0 Å². The molecule has 0 aliphatic carbocycles.